The highest BCUT2D eigenvalue weighted by atomic mass is 19.3. The van der Waals surface area contributed by atoms with E-state index in [9.17, 15) is 23.2 Å². The summed E-state index contributed by atoms with van der Waals surface area (Å²) in [6, 6.07) is 5.93. The molecule has 0 aliphatic heterocycles. The normalized spacial score (nSPS) is 10.3. The lowest BCUT2D eigenvalue weighted by atomic mass is 10.2. The van der Waals surface area contributed by atoms with E-state index < -0.39 is 31.1 Å². The minimum atomic E-state index is -3.06. The van der Waals surface area contributed by atoms with Crippen LogP contribution in [0.15, 0.2) is 41.0 Å². The van der Waals surface area contributed by atoms with Crippen molar-refractivity contribution in [2.45, 2.75) is 20.1 Å². The summed E-state index contributed by atoms with van der Waals surface area (Å²) in [6.45, 7) is -1.95. The summed E-state index contributed by atoms with van der Waals surface area (Å²) in [7, 11) is 0. The number of alkyl halides is 2. The van der Waals surface area contributed by atoms with E-state index in [2.05, 4.69) is 10.1 Å². The van der Waals surface area contributed by atoms with Gasteiger partial charge in [0.05, 0.1) is 25.0 Å². The topological polar surface area (TPSA) is 116 Å². The second kappa shape index (κ2) is 10.6. The summed E-state index contributed by atoms with van der Waals surface area (Å²) in [5.41, 5.74) is -0.0508. The highest BCUT2D eigenvalue weighted by Gasteiger charge is 2.17. The van der Waals surface area contributed by atoms with Gasteiger partial charge in [-0.2, -0.15) is 8.78 Å². The number of benzene rings is 1. The van der Waals surface area contributed by atoms with Crippen molar-refractivity contribution in [2.75, 3.05) is 13.2 Å². The molecule has 2 rings (SSSR count). The van der Waals surface area contributed by atoms with Gasteiger partial charge in [0, 0.05) is 0 Å². The first-order valence-corrected chi connectivity index (χ1v) is 8.38. The van der Waals surface area contributed by atoms with Crippen molar-refractivity contribution >= 4 is 17.9 Å². The predicted molar refractivity (Wildman–Crippen MR) is 93.6 cm³/mol. The summed E-state index contributed by atoms with van der Waals surface area (Å²) in [5, 5.41) is 4.36. The molecule has 0 bridgehead atoms. The molecule has 0 fully saturated rings. The van der Waals surface area contributed by atoms with Gasteiger partial charge in [-0.3, -0.25) is 10.1 Å². The van der Waals surface area contributed by atoms with Gasteiger partial charge in [-0.1, -0.05) is 0 Å². The summed E-state index contributed by atoms with van der Waals surface area (Å²) >= 11 is 0. The van der Waals surface area contributed by atoms with E-state index in [1.165, 1.54) is 12.3 Å². The summed E-state index contributed by atoms with van der Waals surface area (Å²) in [6.07, 6.45) is 1.43. The molecule has 3 amide bonds. The van der Waals surface area contributed by atoms with Gasteiger partial charge in [-0.25, -0.2) is 9.59 Å². The standard InChI is InChI=1S/C18H18F2N2O7/c1-2-26-14-8-11(5-6-13(14)29-17(19)20)16(24)28-10-15(23)22-18(25)21-9-12-4-3-7-27-12/h3-8,17H,2,9-10H2,1H3,(H2,21,22,23,25). The largest absolute Gasteiger partial charge is 0.490 e. The molecule has 0 unspecified atom stereocenters. The Morgan fingerprint density at radius 1 is 1.17 bits per heavy atom. The molecule has 2 N–H and O–H groups in total. The van der Waals surface area contributed by atoms with Crippen molar-refractivity contribution in [3.05, 3.63) is 47.9 Å². The van der Waals surface area contributed by atoms with Crippen LogP contribution in [-0.2, 0) is 16.1 Å². The van der Waals surface area contributed by atoms with Crippen LogP contribution in [0, 0.1) is 0 Å². The van der Waals surface area contributed by atoms with Crippen LogP contribution in [0.4, 0.5) is 13.6 Å². The Morgan fingerprint density at radius 3 is 2.62 bits per heavy atom. The molecule has 29 heavy (non-hydrogen) atoms. The molecule has 0 saturated carbocycles. The fraction of sp³-hybridized carbons (Fsp3) is 0.278. The number of ether oxygens (including phenoxy) is 3. The predicted octanol–water partition coefficient (Wildman–Crippen LogP) is 2.46. The Morgan fingerprint density at radius 2 is 1.97 bits per heavy atom. The van der Waals surface area contributed by atoms with E-state index in [0.29, 0.717) is 5.76 Å². The molecule has 2 aromatic rings. The van der Waals surface area contributed by atoms with Crippen molar-refractivity contribution in [3.63, 3.8) is 0 Å². The Balaban J connectivity index is 1.85. The molecule has 0 aliphatic carbocycles. The number of nitrogens with one attached hydrogen (secondary N) is 2. The molecule has 1 aromatic heterocycles. The lowest BCUT2D eigenvalue weighted by molar-refractivity contribution is -0.123. The average molecular weight is 412 g/mol. The highest BCUT2D eigenvalue weighted by molar-refractivity contribution is 5.97. The van der Waals surface area contributed by atoms with E-state index in [1.807, 2.05) is 5.32 Å². The van der Waals surface area contributed by atoms with E-state index >= 15 is 0 Å². The molecule has 1 aromatic carbocycles. The molecular weight excluding hydrogens is 394 g/mol. The zero-order chi connectivity index (χ0) is 21.2. The van der Waals surface area contributed by atoms with Gasteiger partial charge < -0.3 is 23.9 Å². The molecular formula is C18H18F2N2O7. The number of carbonyl (C=O) groups is 3. The van der Waals surface area contributed by atoms with Crippen LogP contribution in [0.3, 0.4) is 0 Å². The Bertz CT molecular complexity index is 841. The summed E-state index contributed by atoms with van der Waals surface area (Å²) in [4.78, 5) is 35.3. The van der Waals surface area contributed by atoms with E-state index in [-0.39, 0.29) is 30.2 Å². The molecule has 0 atom stereocenters. The maximum absolute atomic E-state index is 12.4. The van der Waals surface area contributed by atoms with Crippen molar-refractivity contribution < 1.29 is 41.8 Å². The number of imide groups is 1. The number of furan rings is 1. The number of hydrogen-bond donors (Lipinski definition) is 2. The molecule has 0 radical (unpaired) electrons. The molecule has 1 heterocycles. The number of amides is 3. The van der Waals surface area contributed by atoms with Crippen LogP contribution in [0.25, 0.3) is 0 Å². The number of rotatable bonds is 9. The van der Waals surface area contributed by atoms with Crippen molar-refractivity contribution in [1.82, 2.24) is 10.6 Å². The molecule has 156 valence electrons. The number of urea groups is 1. The Kier molecular flexibility index (Phi) is 7.95. The highest BCUT2D eigenvalue weighted by Crippen LogP contribution is 2.30. The first-order valence-electron chi connectivity index (χ1n) is 8.38. The van der Waals surface area contributed by atoms with E-state index in [1.54, 1.807) is 19.1 Å². The maximum atomic E-state index is 12.4. The van der Waals surface area contributed by atoms with Crippen LogP contribution in [0.1, 0.15) is 23.0 Å². The van der Waals surface area contributed by atoms with Gasteiger partial charge in [0.2, 0.25) is 0 Å². The Labute approximate surface area is 163 Å². The van der Waals surface area contributed by atoms with Gasteiger partial charge in [-0.15, -0.1) is 0 Å². The van der Waals surface area contributed by atoms with Crippen LogP contribution < -0.4 is 20.1 Å². The van der Waals surface area contributed by atoms with Gasteiger partial charge in [0.25, 0.3) is 5.91 Å². The number of carbonyl (C=O) groups excluding carboxylic acids is 3. The fourth-order valence-corrected chi connectivity index (χ4v) is 2.10. The second-order valence-electron chi connectivity index (χ2n) is 5.36. The smallest absolute Gasteiger partial charge is 0.387 e. The number of esters is 1. The fourth-order valence-electron chi connectivity index (χ4n) is 2.10. The van der Waals surface area contributed by atoms with Gasteiger partial charge >= 0.3 is 18.6 Å². The van der Waals surface area contributed by atoms with Gasteiger partial charge in [0.1, 0.15) is 5.76 Å². The lowest BCUT2D eigenvalue weighted by Gasteiger charge is -2.12. The zero-order valence-corrected chi connectivity index (χ0v) is 15.3. The quantitative estimate of drug-likeness (QED) is 0.608. The monoisotopic (exact) mass is 412 g/mol. The molecule has 11 heteroatoms. The molecule has 0 saturated heterocycles. The van der Waals surface area contributed by atoms with E-state index in [0.717, 1.165) is 12.1 Å². The molecule has 9 nitrogen and oxygen atoms in total. The Hall–Kier alpha value is -3.63. The van der Waals surface area contributed by atoms with Crippen molar-refractivity contribution in [2.24, 2.45) is 0 Å². The summed E-state index contributed by atoms with van der Waals surface area (Å²) in [5.74, 6) is -1.62. The second-order valence-corrected chi connectivity index (χ2v) is 5.36. The molecule has 0 spiro atoms. The minimum Gasteiger partial charge on any atom is -0.490 e. The van der Waals surface area contributed by atoms with Crippen molar-refractivity contribution in [1.29, 1.82) is 0 Å². The van der Waals surface area contributed by atoms with Crippen LogP contribution in [-0.4, -0.2) is 37.7 Å². The first-order chi connectivity index (χ1) is 13.9. The first kappa shape index (κ1) is 21.7. The number of halogens is 2. The summed E-state index contributed by atoms with van der Waals surface area (Å²) < 4.78 is 44.1. The molecule has 0 aliphatic rings. The van der Waals surface area contributed by atoms with Crippen LogP contribution >= 0.6 is 0 Å². The van der Waals surface area contributed by atoms with Crippen LogP contribution in [0.5, 0.6) is 11.5 Å². The van der Waals surface area contributed by atoms with Crippen molar-refractivity contribution in [3.8, 4) is 11.5 Å². The van der Waals surface area contributed by atoms with Crippen LogP contribution in [0.2, 0.25) is 0 Å². The van der Waals surface area contributed by atoms with Gasteiger partial charge in [0.15, 0.2) is 18.1 Å². The third kappa shape index (κ3) is 7.13. The SMILES string of the molecule is CCOc1cc(C(=O)OCC(=O)NC(=O)NCc2ccco2)ccc1OC(F)F. The average Bonchev–Trinajstić information content (AvgIpc) is 3.19. The third-order valence-corrected chi connectivity index (χ3v) is 3.29. The maximum Gasteiger partial charge on any atom is 0.387 e. The zero-order valence-electron chi connectivity index (χ0n) is 15.3. The lowest BCUT2D eigenvalue weighted by Crippen LogP contribution is -2.41. The van der Waals surface area contributed by atoms with E-state index in [4.69, 9.17) is 13.9 Å². The number of hydrogen-bond acceptors (Lipinski definition) is 7. The minimum absolute atomic E-state index is 0.0508. The van der Waals surface area contributed by atoms with Gasteiger partial charge in [-0.05, 0) is 37.3 Å². The third-order valence-electron chi connectivity index (χ3n) is 3.29.